The van der Waals surface area contributed by atoms with Crippen molar-refractivity contribution in [1.29, 1.82) is 5.26 Å². The van der Waals surface area contributed by atoms with Gasteiger partial charge >= 0.3 is 0 Å². The van der Waals surface area contributed by atoms with Crippen molar-refractivity contribution in [2.45, 2.75) is 6.42 Å². The summed E-state index contributed by atoms with van der Waals surface area (Å²) in [5.41, 5.74) is 0.434. The van der Waals surface area contributed by atoms with Crippen molar-refractivity contribution in [2.24, 2.45) is 0 Å². The minimum absolute atomic E-state index is 0.0515. The van der Waals surface area contributed by atoms with Crippen LogP contribution in [-0.4, -0.2) is 19.8 Å². The fourth-order valence-corrected chi connectivity index (χ4v) is 1.30. The van der Waals surface area contributed by atoms with Crippen LogP contribution >= 0.6 is 11.6 Å². The van der Waals surface area contributed by atoms with Crippen molar-refractivity contribution in [3.63, 3.8) is 0 Å². The number of halogens is 1. The van der Waals surface area contributed by atoms with E-state index in [0.717, 1.165) is 12.4 Å². The maximum absolute atomic E-state index is 10.2. The molecule has 0 atom stereocenters. The molecule has 0 aliphatic heterocycles. The first-order valence-corrected chi connectivity index (χ1v) is 6.04. The summed E-state index contributed by atoms with van der Waals surface area (Å²) in [6.45, 7) is 0. The molecule has 2 aromatic heterocycles. The number of pyridine rings is 2. The highest BCUT2D eigenvalue weighted by atomic mass is 35.5. The van der Waals surface area contributed by atoms with E-state index in [0.29, 0.717) is 5.69 Å². The zero-order valence-electron chi connectivity index (χ0n) is 10.9. The van der Waals surface area contributed by atoms with Crippen LogP contribution in [0.25, 0.3) is 0 Å². The molecule has 0 fully saturated rings. The van der Waals surface area contributed by atoms with E-state index in [1.165, 1.54) is 24.3 Å². The second-order valence-corrected chi connectivity index (χ2v) is 4.08. The van der Waals surface area contributed by atoms with Gasteiger partial charge in [-0.1, -0.05) is 11.6 Å². The maximum atomic E-state index is 10.2. The lowest BCUT2D eigenvalue weighted by atomic mass is 10.3. The van der Waals surface area contributed by atoms with E-state index in [2.05, 4.69) is 9.97 Å². The summed E-state index contributed by atoms with van der Waals surface area (Å²) in [5, 5.41) is 28.7. The fraction of sp³-hybridized carbons (Fsp3) is 0.0833. The van der Waals surface area contributed by atoms with Crippen LogP contribution in [-0.2, 0) is 6.42 Å². The predicted molar refractivity (Wildman–Crippen MR) is 76.1 cm³/mol. The summed E-state index contributed by atoms with van der Waals surface area (Å²) in [5.74, 6) is 0. The Morgan fingerprint density at radius 1 is 1.05 bits per heavy atom. The van der Waals surface area contributed by atoms with Gasteiger partial charge in [-0.2, -0.15) is 5.26 Å². The summed E-state index contributed by atoms with van der Waals surface area (Å²) >= 11 is 5.38. The average Bonchev–Trinajstić information content (AvgIpc) is 2.49. The van der Waals surface area contributed by atoms with Gasteiger partial charge < -0.3 is 0 Å². The Balaban J connectivity index is 0.000000224. The van der Waals surface area contributed by atoms with E-state index in [1.807, 2.05) is 6.07 Å². The molecule has 0 radical (unpaired) electrons. The third-order valence-electron chi connectivity index (χ3n) is 2.20. The van der Waals surface area contributed by atoms with Gasteiger partial charge in [0.1, 0.15) is 17.5 Å². The predicted octanol–water partition coefficient (Wildman–Crippen LogP) is 2.70. The van der Waals surface area contributed by atoms with Crippen molar-refractivity contribution < 1.29 is 9.85 Å². The minimum Gasteiger partial charge on any atom is -0.258 e. The Morgan fingerprint density at radius 2 is 1.59 bits per heavy atom. The molecule has 2 heterocycles. The second kappa shape index (κ2) is 8.23. The van der Waals surface area contributed by atoms with Crippen LogP contribution in [0.4, 0.5) is 11.4 Å². The quantitative estimate of drug-likeness (QED) is 0.481. The Hall–Kier alpha value is -3.12. The Morgan fingerprint density at radius 3 is 1.95 bits per heavy atom. The van der Waals surface area contributed by atoms with Crippen LogP contribution in [0.2, 0.25) is 5.15 Å². The molecule has 0 aromatic carbocycles. The first-order valence-electron chi connectivity index (χ1n) is 5.66. The number of rotatable bonds is 3. The highest BCUT2D eigenvalue weighted by molar-refractivity contribution is 6.29. The fourth-order valence-electron chi connectivity index (χ4n) is 1.19. The highest BCUT2D eigenvalue weighted by Crippen LogP contribution is 2.11. The topological polar surface area (TPSA) is 136 Å². The van der Waals surface area contributed by atoms with Crippen molar-refractivity contribution in [2.75, 3.05) is 0 Å². The number of aromatic nitrogens is 2. The molecule has 0 bridgehead atoms. The van der Waals surface area contributed by atoms with Gasteiger partial charge in [-0.25, -0.2) is 4.98 Å². The van der Waals surface area contributed by atoms with E-state index in [-0.39, 0.29) is 22.9 Å². The van der Waals surface area contributed by atoms with Crippen LogP contribution in [0.15, 0.2) is 36.7 Å². The molecule has 0 unspecified atom stereocenters. The largest absolute Gasteiger partial charge is 0.287 e. The average molecular weight is 322 g/mol. The van der Waals surface area contributed by atoms with Crippen LogP contribution in [0, 0.1) is 31.6 Å². The van der Waals surface area contributed by atoms with Gasteiger partial charge in [-0.15, -0.1) is 0 Å². The monoisotopic (exact) mass is 321 g/mol. The van der Waals surface area contributed by atoms with Gasteiger partial charge in [0.2, 0.25) is 0 Å². The molecule has 0 N–H and O–H groups in total. The van der Waals surface area contributed by atoms with E-state index >= 15 is 0 Å². The Bertz CT molecular complexity index is 697. The van der Waals surface area contributed by atoms with Gasteiger partial charge in [0, 0.05) is 12.1 Å². The third kappa shape index (κ3) is 5.48. The number of hydrogen-bond acceptors (Lipinski definition) is 7. The number of nitrogens with zero attached hydrogens (tertiary/aromatic N) is 5. The normalized spacial score (nSPS) is 9.09. The van der Waals surface area contributed by atoms with Gasteiger partial charge in [0.05, 0.1) is 28.0 Å². The molecular formula is C12H8ClN5O4. The molecule has 0 spiro atoms. The standard InChI is InChI=1S/C7H5N3O2.C5H3ClN2O2/c8-4-3-6-1-2-7(5-9-6)10(11)12;6-5-2-1-4(3-7-5)8(9)10/h1-2,5H,3H2;1-3H. The number of hydrogen-bond donors (Lipinski definition) is 0. The second-order valence-electron chi connectivity index (χ2n) is 3.70. The smallest absolute Gasteiger partial charge is 0.258 e. The van der Waals surface area contributed by atoms with Crippen LogP contribution in [0.3, 0.4) is 0 Å². The lowest BCUT2D eigenvalue weighted by molar-refractivity contribution is -0.385. The molecule has 0 saturated heterocycles. The van der Waals surface area contributed by atoms with Crippen molar-refractivity contribution in [3.05, 3.63) is 67.7 Å². The number of nitriles is 1. The zero-order valence-corrected chi connectivity index (χ0v) is 11.7. The van der Waals surface area contributed by atoms with Crippen molar-refractivity contribution in [1.82, 2.24) is 9.97 Å². The molecular weight excluding hydrogens is 314 g/mol. The van der Waals surface area contributed by atoms with Crippen molar-refractivity contribution in [3.8, 4) is 6.07 Å². The van der Waals surface area contributed by atoms with Gasteiger partial charge in [-0.3, -0.25) is 25.2 Å². The molecule has 0 aliphatic carbocycles. The lowest BCUT2D eigenvalue weighted by Crippen LogP contribution is -1.91. The van der Waals surface area contributed by atoms with Gasteiger partial charge in [0.25, 0.3) is 11.4 Å². The molecule has 9 nitrogen and oxygen atoms in total. The molecule has 0 aliphatic rings. The molecule has 22 heavy (non-hydrogen) atoms. The summed E-state index contributed by atoms with van der Waals surface area (Å²) in [6, 6.07) is 7.38. The molecule has 0 amide bonds. The van der Waals surface area contributed by atoms with Crippen LogP contribution in [0.1, 0.15) is 5.69 Å². The third-order valence-corrected chi connectivity index (χ3v) is 2.43. The zero-order chi connectivity index (χ0) is 16.5. The first-order chi connectivity index (χ1) is 10.4. The molecule has 112 valence electrons. The Kier molecular flexibility index (Phi) is 6.33. The Labute approximate surface area is 129 Å². The van der Waals surface area contributed by atoms with E-state index in [4.69, 9.17) is 16.9 Å². The van der Waals surface area contributed by atoms with Crippen molar-refractivity contribution >= 4 is 23.0 Å². The SMILES string of the molecule is N#CCc1ccc([N+](=O)[O-])cn1.O=[N+]([O-])c1ccc(Cl)nc1. The van der Waals surface area contributed by atoms with E-state index in [1.54, 1.807) is 0 Å². The summed E-state index contributed by atoms with van der Waals surface area (Å²) < 4.78 is 0. The highest BCUT2D eigenvalue weighted by Gasteiger charge is 2.04. The molecule has 10 heteroatoms. The van der Waals surface area contributed by atoms with E-state index in [9.17, 15) is 20.2 Å². The van der Waals surface area contributed by atoms with Crippen LogP contribution in [0.5, 0.6) is 0 Å². The molecule has 0 saturated carbocycles. The summed E-state index contributed by atoms with van der Waals surface area (Å²) in [4.78, 5) is 26.4. The van der Waals surface area contributed by atoms with Gasteiger partial charge in [0.15, 0.2) is 0 Å². The summed E-state index contributed by atoms with van der Waals surface area (Å²) in [7, 11) is 0. The number of nitro groups is 2. The van der Waals surface area contributed by atoms with E-state index < -0.39 is 9.85 Å². The minimum atomic E-state index is -0.525. The van der Waals surface area contributed by atoms with Crippen LogP contribution < -0.4 is 0 Å². The maximum Gasteiger partial charge on any atom is 0.287 e. The lowest BCUT2D eigenvalue weighted by Gasteiger charge is -1.91. The van der Waals surface area contributed by atoms with Gasteiger partial charge in [-0.05, 0) is 12.1 Å². The molecule has 2 rings (SSSR count). The summed E-state index contributed by atoms with van der Waals surface area (Å²) in [6.07, 6.45) is 2.44. The molecule has 2 aromatic rings. The first kappa shape index (κ1) is 16.9.